The molecule has 2 amide bonds. The zero-order valence-electron chi connectivity index (χ0n) is 16.7. The fourth-order valence-corrected chi connectivity index (χ4v) is 2.30. The van der Waals surface area contributed by atoms with E-state index >= 15 is 0 Å². The summed E-state index contributed by atoms with van der Waals surface area (Å²) in [5.41, 5.74) is 0. The smallest absolute Gasteiger partial charge is 0.303 e. The number of carbonyl (C=O) groups excluding carboxylic acids is 6. The molecular weight excluding hydrogens is 489 g/mol. The highest BCUT2D eigenvalue weighted by molar-refractivity contribution is 6.76. The van der Waals surface area contributed by atoms with Crippen LogP contribution in [0.15, 0.2) is 0 Å². The van der Waals surface area contributed by atoms with Crippen molar-refractivity contribution >= 4 is 70.5 Å². The largest absolute Gasteiger partial charge is 0.456 e. The van der Waals surface area contributed by atoms with Gasteiger partial charge in [-0.15, -0.1) is 0 Å². The Labute approximate surface area is 191 Å². The first-order chi connectivity index (χ1) is 14.1. The van der Waals surface area contributed by atoms with E-state index in [0.29, 0.717) is 0 Å². The van der Waals surface area contributed by atoms with Gasteiger partial charge in [-0.05, 0) is 0 Å². The number of nitrogens with one attached hydrogen (secondary N) is 1. The topological polar surface area (TPSA) is 172 Å². The molecule has 0 aliphatic carbocycles. The molecule has 0 saturated heterocycles. The summed E-state index contributed by atoms with van der Waals surface area (Å²) < 4.78 is 17.0. The lowest BCUT2D eigenvalue weighted by molar-refractivity contribution is -0.201. The monoisotopic (exact) mass is 507 g/mol. The fourth-order valence-electron chi connectivity index (χ4n) is 2.16. The van der Waals surface area contributed by atoms with Gasteiger partial charge in [0.25, 0.3) is 15.6 Å². The predicted molar refractivity (Wildman–Crippen MR) is 103 cm³/mol. The van der Waals surface area contributed by atoms with Crippen LogP contribution >= 0.6 is 34.8 Å². The number of halogens is 3. The molecule has 31 heavy (non-hydrogen) atoms. The Morgan fingerprint density at radius 1 is 0.774 bits per heavy atom. The summed E-state index contributed by atoms with van der Waals surface area (Å²) in [4.78, 5) is 70.5. The molecule has 0 heterocycles. The van der Waals surface area contributed by atoms with Crippen LogP contribution in [0.4, 0.5) is 0 Å². The Kier molecular flexibility index (Phi) is 11.8. The highest BCUT2D eigenvalue weighted by Crippen LogP contribution is 2.26. The Morgan fingerprint density at radius 2 is 1.19 bits per heavy atom. The maximum atomic E-state index is 12.6. The van der Waals surface area contributed by atoms with Gasteiger partial charge in [-0.1, -0.05) is 34.8 Å². The third-order valence-corrected chi connectivity index (χ3v) is 3.65. The van der Waals surface area contributed by atoms with E-state index in [0.717, 1.165) is 27.7 Å². The van der Waals surface area contributed by atoms with Crippen LogP contribution in [0.2, 0.25) is 0 Å². The van der Waals surface area contributed by atoms with Crippen LogP contribution in [-0.2, 0) is 47.7 Å². The van der Waals surface area contributed by atoms with Crippen LogP contribution in [0.1, 0.15) is 27.7 Å². The third-order valence-electron chi connectivity index (χ3n) is 3.14. The van der Waals surface area contributed by atoms with E-state index in [1.807, 2.05) is 0 Å². The van der Waals surface area contributed by atoms with Gasteiger partial charge < -0.3 is 24.1 Å². The van der Waals surface area contributed by atoms with Crippen LogP contribution in [-0.4, -0.2) is 75.6 Å². The number of imide groups is 1. The first kappa shape index (κ1) is 28.9. The summed E-state index contributed by atoms with van der Waals surface area (Å²) in [6, 6.07) is 0. The molecule has 0 aromatic rings. The van der Waals surface area contributed by atoms with Crippen LogP contribution in [0.5, 0.6) is 0 Å². The van der Waals surface area contributed by atoms with Gasteiger partial charge in [0.2, 0.25) is 6.10 Å². The lowest BCUT2D eigenvalue weighted by Gasteiger charge is -2.34. The average molecular weight is 509 g/mol. The van der Waals surface area contributed by atoms with Crippen molar-refractivity contribution in [2.75, 3.05) is 6.61 Å². The van der Waals surface area contributed by atoms with Crippen LogP contribution in [0.25, 0.3) is 0 Å². The van der Waals surface area contributed by atoms with Gasteiger partial charge in [0, 0.05) is 27.7 Å². The van der Waals surface area contributed by atoms with E-state index in [9.17, 15) is 33.9 Å². The molecule has 0 aromatic heterocycles. The second-order valence-electron chi connectivity index (χ2n) is 5.82. The molecule has 0 spiro atoms. The van der Waals surface area contributed by atoms with E-state index in [-0.39, 0.29) is 0 Å². The minimum absolute atomic E-state index is 0.873. The molecule has 2 N–H and O–H groups in total. The summed E-state index contributed by atoms with van der Waals surface area (Å²) in [6.07, 6.45) is -7.68. The molecule has 0 fully saturated rings. The number of aliphatic hydroxyl groups is 1. The van der Waals surface area contributed by atoms with E-state index in [4.69, 9.17) is 53.8 Å². The molecule has 15 heteroatoms. The summed E-state index contributed by atoms with van der Waals surface area (Å²) in [5.74, 6) is -6.96. The normalized spacial score (nSPS) is 14.8. The van der Waals surface area contributed by atoms with Gasteiger partial charge in [0.05, 0.1) is 6.61 Å². The number of alkyl halides is 3. The highest BCUT2D eigenvalue weighted by atomic mass is 35.6. The van der Waals surface area contributed by atoms with Crippen molar-refractivity contribution in [1.29, 1.82) is 0 Å². The van der Waals surface area contributed by atoms with E-state index < -0.39 is 70.5 Å². The molecule has 0 bridgehead atoms. The number of hydrogen-bond acceptors (Lipinski definition) is 11. The van der Waals surface area contributed by atoms with Crippen molar-refractivity contribution in [1.82, 2.24) is 5.32 Å². The minimum Gasteiger partial charge on any atom is -0.456 e. The van der Waals surface area contributed by atoms with Gasteiger partial charge in [-0.3, -0.25) is 34.1 Å². The first-order valence-corrected chi connectivity index (χ1v) is 9.45. The Bertz CT molecular complexity index is 722. The van der Waals surface area contributed by atoms with Crippen molar-refractivity contribution in [2.45, 2.75) is 55.9 Å². The molecule has 0 aliphatic heterocycles. The number of rotatable bonds is 9. The van der Waals surface area contributed by atoms with Gasteiger partial charge in [0.1, 0.15) is 0 Å². The summed E-state index contributed by atoms with van der Waals surface area (Å²) in [6.45, 7) is 2.69. The molecule has 0 aliphatic rings. The van der Waals surface area contributed by atoms with Crippen LogP contribution in [0.3, 0.4) is 0 Å². The van der Waals surface area contributed by atoms with Crippen molar-refractivity contribution in [3.63, 3.8) is 0 Å². The number of aliphatic hydroxyl groups excluding tert-OH is 1. The Morgan fingerprint density at radius 3 is 1.55 bits per heavy atom. The van der Waals surface area contributed by atoms with Crippen LogP contribution < -0.4 is 5.32 Å². The van der Waals surface area contributed by atoms with E-state index in [1.54, 1.807) is 5.32 Å². The Balaban J connectivity index is 6.36. The molecular formula is C16H20Cl3NO11. The lowest BCUT2D eigenvalue weighted by atomic mass is 10.0. The molecule has 0 aromatic carbocycles. The van der Waals surface area contributed by atoms with E-state index in [2.05, 4.69) is 0 Å². The highest BCUT2D eigenvalue weighted by Gasteiger charge is 2.47. The van der Waals surface area contributed by atoms with E-state index in [1.165, 1.54) is 0 Å². The summed E-state index contributed by atoms with van der Waals surface area (Å²) in [5, 5.41) is 11.2. The number of amides is 2. The third kappa shape index (κ3) is 10.6. The molecule has 176 valence electrons. The van der Waals surface area contributed by atoms with Crippen molar-refractivity contribution < 1.29 is 52.8 Å². The zero-order valence-corrected chi connectivity index (χ0v) is 18.9. The maximum absolute atomic E-state index is 12.6. The molecule has 12 nitrogen and oxygen atoms in total. The quantitative estimate of drug-likeness (QED) is 0.238. The van der Waals surface area contributed by atoms with Crippen molar-refractivity contribution in [2.24, 2.45) is 0 Å². The summed E-state index contributed by atoms with van der Waals surface area (Å²) >= 11 is 16.1. The lowest BCUT2D eigenvalue weighted by Crippen LogP contribution is -2.58. The predicted octanol–water partition coefficient (Wildman–Crippen LogP) is -0.282. The number of ether oxygens (including phenoxy) is 4. The SMILES string of the molecule is CC(=O)O[C@@H]([C@H](OC(C)=O)[C@@H](OC(C)=O)C(=O)NC(=O)C(Cl)(Cl)Cl)[C@@H](CO)OC(C)=O. The first-order valence-electron chi connectivity index (χ1n) is 8.31. The zero-order chi connectivity index (χ0) is 24.5. The molecule has 0 radical (unpaired) electrons. The van der Waals surface area contributed by atoms with Crippen LogP contribution in [0, 0.1) is 0 Å². The molecule has 0 unspecified atom stereocenters. The molecule has 0 rings (SSSR count). The second-order valence-corrected chi connectivity index (χ2v) is 8.11. The maximum Gasteiger partial charge on any atom is 0.303 e. The van der Waals surface area contributed by atoms with Crippen molar-refractivity contribution in [3.8, 4) is 0 Å². The van der Waals surface area contributed by atoms with Gasteiger partial charge in [-0.2, -0.15) is 0 Å². The number of hydrogen-bond donors (Lipinski definition) is 2. The Hall–Kier alpha value is -2.15. The summed E-state index contributed by atoms with van der Waals surface area (Å²) in [7, 11) is 0. The average Bonchev–Trinajstić information content (AvgIpc) is 2.59. The number of esters is 4. The second kappa shape index (κ2) is 12.6. The van der Waals surface area contributed by atoms with Gasteiger partial charge in [0.15, 0.2) is 18.3 Å². The minimum atomic E-state index is -2.59. The standard InChI is InChI=1S/C16H20Cl3NO11/c1-6(22)28-10(5-21)11(29-7(2)23)12(30-8(3)24)13(31-9(4)25)14(26)20-15(27)16(17,18)19/h10-13,21H,5H2,1-4H3,(H,20,26,27)/t10-,11-,12+,13-/m1/s1. The van der Waals surface area contributed by atoms with Gasteiger partial charge in [-0.25, -0.2) is 0 Å². The molecule has 4 atom stereocenters. The fraction of sp³-hybridized carbons (Fsp3) is 0.625. The molecule has 0 saturated carbocycles. The van der Waals surface area contributed by atoms with Crippen molar-refractivity contribution in [3.05, 3.63) is 0 Å². The number of carbonyl (C=O) groups is 6. The van der Waals surface area contributed by atoms with Gasteiger partial charge >= 0.3 is 23.9 Å².